The largest absolute Gasteiger partial charge is 0.477 e. The van der Waals surface area contributed by atoms with E-state index in [1.165, 1.54) is 0 Å². The average molecular weight is 516 g/mol. The summed E-state index contributed by atoms with van der Waals surface area (Å²) in [6.07, 6.45) is 1.14. The highest BCUT2D eigenvalue weighted by molar-refractivity contribution is 6.13. The van der Waals surface area contributed by atoms with E-state index in [1.54, 1.807) is 6.07 Å². The Morgan fingerprint density at radius 1 is 1.19 bits per heavy atom. The number of nitrogens with two attached hydrogens (primary N) is 2. The summed E-state index contributed by atoms with van der Waals surface area (Å²) in [5, 5.41) is 11.8. The maximum Gasteiger partial charge on any atom is 0.355 e. The van der Waals surface area contributed by atoms with E-state index in [0.29, 0.717) is 12.2 Å². The van der Waals surface area contributed by atoms with E-state index in [4.69, 9.17) is 28.4 Å². The molecule has 0 unspecified atom stereocenters. The predicted octanol–water partition coefficient (Wildman–Crippen LogP) is 0.165. The zero-order valence-electron chi connectivity index (χ0n) is 18.4. The normalized spacial score (nSPS) is 10.5. The van der Waals surface area contributed by atoms with Crippen molar-refractivity contribution in [2.24, 2.45) is 5.73 Å². The summed E-state index contributed by atoms with van der Waals surface area (Å²) in [5.41, 5.74) is 10.2. The summed E-state index contributed by atoms with van der Waals surface area (Å²) in [6.45, 7) is 0.498. The van der Waals surface area contributed by atoms with Crippen LogP contribution in [0.4, 0.5) is 17.1 Å². The van der Waals surface area contributed by atoms with E-state index in [-0.39, 0.29) is 28.4 Å². The number of aromatic carboxylic acids is 1. The van der Waals surface area contributed by atoms with E-state index in [2.05, 4.69) is 24.9 Å². The Morgan fingerprint density at radius 3 is 2.50 bits per heavy atom. The van der Waals surface area contributed by atoms with Crippen LogP contribution in [0.1, 0.15) is 37.0 Å². The molecule has 0 atom stereocenters. The summed E-state index contributed by atoms with van der Waals surface area (Å²) in [7, 11) is 1.14. The molecule has 4 rings (SSSR count). The van der Waals surface area contributed by atoms with Crippen LogP contribution in [0.2, 0.25) is 0 Å². The highest BCUT2D eigenvalue weighted by atomic mass is 35.5. The van der Waals surface area contributed by atoms with Gasteiger partial charge in [-0.15, -0.1) is 0 Å². The maximum atomic E-state index is 11.6. The number of carboxylic acid groups (broad SMARTS) is 1. The molecule has 7 N–H and O–H groups in total. The second-order valence-electron chi connectivity index (χ2n) is 7.06. The summed E-state index contributed by atoms with van der Waals surface area (Å²) >= 11 is 5.40. The van der Waals surface area contributed by atoms with Crippen molar-refractivity contribution < 1.29 is 24.2 Å². The number of imidazole rings is 1. The van der Waals surface area contributed by atoms with Crippen LogP contribution in [-0.2, 0) is 11.3 Å². The Bertz CT molecular complexity index is 1560. The number of anilines is 3. The van der Waals surface area contributed by atoms with Gasteiger partial charge in [0.25, 0.3) is 16.8 Å². The second kappa shape index (κ2) is 10.6. The van der Waals surface area contributed by atoms with Crippen LogP contribution in [0.3, 0.4) is 0 Å². The first-order valence-corrected chi connectivity index (χ1v) is 10.2. The number of fused-ring (bicyclic) bond motifs is 1. The lowest BCUT2D eigenvalue weighted by molar-refractivity contribution is 0.0591. The minimum atomic E-state index is -1.36. The molecule has 0 fully saturated rings. The maximum absolute atomic E-state index is 11.6. The fraction of sp³-hybridized carbons (Fsp3) is 0.0952. The number of aromatic nitrogens is 3. The molecule has 4 aromatic rings. The molecule has 0 aliphatic heterocycles. The number of rotatable bonds is 7. The first-order valence-electron chi connectivity index (χ1n) is 9.86. The number of carbonyl (C=O) groups is 3. The van der Waals surface area contributed by atoms with Gasteiger partial charge in [-0.2, -0.15) is 0 Å². The van der Waals surface area contributed by atoms with Crippen molar-refractivity contribution in [2.75, 3.05) is 18.2 Å². The van der Waals surface area contributed by atoms with Crippen molar-refractivity contribution in [2.45, 2.75) is 6.54 Å². The van der Waals surface area contributed by atoms with Gasteiger partial charge in [-0.1, -0.05) is 12.1 Å². The van der Waals surface area contributed by atoms with Crippen molar-refractivity contribution in [3.63, 3.8) is 0 Å². The van der Waals surface area contributed by atoms with Crippen LogP contribution < -0.4 is 32.5 Å². The SMILES string of the molecule is COC(=O)c1cc(C(=O)O)nc2c(C(N)=O)ncn12.Nc1c(Nc2cccc(CNCl)c2)c(=O)c1=O. The number of carboxylic acids is 1. The van der Waals surface area contributed by atoms with E-state index in [9.17, 15) is 24.0 Å². The third kappa shape index (κ3) is 5.13. The summed E-state index contributed by atoms with van der Waals surface area (Å²) in [5.74, 6) is -3.03. The van der Waals surface area contributed by atoms with Gasteiger partial charge in [0.1, 0.15) is 23.4 Å². The highest BCUT2D eigenvalue weighted by Crippen LogP contribution is 2.19. The van der Waals surface area contributed by atoms with E-state index in [1.807, 2.05) is 18.2 Å². The molecule has 0 saturated carbocycles. The number of nitrogen functional groups attached to an aromatic ring is 1. The summed E-state index contributed by atoms with van der Waals surface area (Å²) < 4.78 is 5.66. The predicted molar refractivity (Wildman–Crippen MR) is 128 cm³/mol. The van der Waals surface area contributed by atoms with Crippen molar-refractivity contribution in [3.05, 3.63) is 79.8 Å². The van der Waals surface area contributed by atoms with Gasteiger partial charge in [0, 0.05) is 18.3 Å². The molecule has 186 valence electrons. The molecule has 2 heterocycles. The molecular formula is C21H18ClN7O7. The quantitative estimate of drug-likeness (QED) is 0.126. The Hall–Kier alpha value is -4.82. The number of methoxy groups -OCH3 is 1. The van der Waals surface area contributed by atoms with Crippen molar-refractivity contribution in [1.29, 1.82) is 0 Å². The minimum Gasteiger partial charge on any atom is -0.477 e. The standard InChI is InChI=1S/C11H10ClN3O2.C10H8N4O5/c12-14-5-6-2-1-3-7(4-6)15-9-8(13)10(16)11(9)17;1-19-10(18)5-2-4(9(16)17)13-8-6(7(11)15)12-3-14(5)8/h1-4,14-15H,5,13H2;2-3H,1H3,(H2,11,15)(H,16,17). The van der Waals surface area contributed by atoms with E-state index in [0.717, 1.165) is 29.5 Å². The molecule has 15 heteroatoms. The summed E-state index contributed by atoms with van der Waals surface area (Å²) in [4.78, 5) is 65.7. The van der Waals surface area contributed by atoms with Crippen LogP contribution in [0.5, 0.6) is 0 Å². The van der Waals surface area contributed by atoms with Gasteiger partial charge < -0.3 is 26.6 Å². The first-order chi connectivity index (χ1) is 17.1. The van der Waals surface area contributed by atoms with Gasteiger partial charge in [-0.25, -0.2) is 24.4 Å². The zero-order valence-corrected chi connectivity index (χ0v) is 19.2. The number of nitrogens with zero attached hydrogens (tertiary/aromatic N) is 3. The van der Waals surface area contributed by atoms with Gasteiger partial charge in [-0.05, 0) is 29.5 Å². The lowest BCUT2D eigenvalue weighted by Gasteiger charge is -2.10. The van der Waals surface area contributed by atoms with E-state index >= 15 is 0 Å². The third-order valence-electron chi connectivity index (χ3n) is 4.76. The number of nitrogens with one attached hydrogen (secondary N) is 2. The Balaban J connectivity index is 0.000000202. The van der Waals surface area contributed by atoms with Crippen LogP contribution in [0.25, 0.3) is 5.65 Å². The zero-order chi connectivity index (χ0) is 26.6. The lowest BCUT2D eigenvalue weighted by Crippen LogP contribution is -2.36. The number of primary amides is 1. The molecule has 2 aromatic heterocycles. The lowest BCUT2D eigenvalue weighted by atomic mass is 10.1. The number of esters is 1. The summed E-state index contributed by atoms with van der Waals surface area (Å²) in [6, 6.07) is 8.30. The molecule has 36 heavy (non-hydrogen) atoms. The molecule has 0 saturated heterocycles. The van der Waals surface area contributed by atoms with Gasteiger partial charge in [0.15, 0.2) is 17.0 Å². The van der Waals surface area contributed by atoms with Gasteiger partial charge in [0.2, 0.25) is 0 Å². The smallest absolute Gasteiger partial charge is 0.355 e. The van der Waals surface area contributed by atoms with Gasteiger partial charge >= 0.3 is 11.9 Å². The monoisotopic (exact) mass is 515 g/mol. The molecule has 14 nitrogen and oxygen atoms in total. The molecule has 0 aliphatic carbocycles. The average Bonchev–Trinajstić information content (AvgIpc) is 3.31. The fourth-order valence-corrected chi connectivity index (χ4v) is 3.18. The Labute approximate surface area is 206 Å². The number of carbonyl (C=O) groups excluding carboxylic acids is 2. The minimum absolute atomic E-state index is 0.0177. The first kappa shape index (κ1) is 25.8. The second-order valence-corrected chi connectivity index (χ2v) is 7.32. The molecule has 1 amide bonds. The number of ether oxygens (including phenoxy) is 1. The molecule has 0 radical (unpaired) electrons. The Kier molecular flexibility index (Phi) is 7.61. The number of hydrogen-bond donors (Lipinski definition) is 5. The van der Waals surface area contributed by atoms with Gasteiger partial charge in [-0.3, -0.25) is 18.8 Å². The van der Waals surface area contributed by atoms with Crippen LogP contribution >= 0.6 is 11.8 Å². The van der Waals surface area contributed by atoms with Crippen molar-refractivity contribution in [1.82, 2.24) is 19.2 Å². The molecule has 0 spiro atoms. The van der Waals surface area contributed by atoms with Gasteiger partial charge in [0.05, 0.1) is 7.11 Å². The Morgan fingerprint density at radius 2 is 1.92 bits per heavy atom. The number of amides is 1. The van der Waals surface area contributed by atoms with Crippen molar-refractivity contribution >= 4 is 52.3 Å². The van der Waals surface area contributed by atoms with E-state index < -0.39 is 34.4 Å². The number of benzene rings is 1. The van der Waals surface area contributed by atoms with Crippen LogP contribution in [-0.4, -0.2) is 44.4 Å². The van der Waals surface area contributed by atoms with Crippen LogP contribution in [0.15, 0.2) is 46.2 Å². The number of hydrogen-bond acceptors (Lipinski definition) is 11. The molecule has 2 aromatic carbocycles. The number of halogens is 1. The molecule has 0 bridgehead atoms. The molecular weight excluding hydrogens is 498 g/mol. The highest BCUT2D eigenvalue weighted by Gasteiger charge is 2.21. The fourth-order valence-electron chi connectivity index (χ4n) is 3.03. The topological polar surface area (TPSA) is 221 Å². The van der Waals surface area contributed by atoms with Crippen LogP contribution in [0, 0.1) is 0 Å². The molecule has 0 aliphatic rings. The van der Waals surface area contributed by atoms with Crippen molar-refractivity contribution in [3.8, 4) is 0 Å². The third-order valence-corrected chi connectivity index (χ3v) is 4.90.